The molecular formula is C19H24N4O. The fourth-order valence-electron chi connectivity index (χ4n) is 6.08. The number of hydrogen-bond acceptors (Lipinski definition) is 3. The standard InChI is InChI=1S/C19H24N4O/c20-16-10-23-15(2-1-3-17(23)22-16)18(24)21-11-19-7-12-4-13(8-19)6-14(5-12)9-19/h1-3,10,12-14H,4-9,11,20H2,(H,21,24). The number of carbonyl (C=O) groups excluding carboxylic acids is 1. The summed E-state index contributed by atoms with van der Waals surface area (Å²) >= 11 is 0. The molecule has 3 N–H and O–H groups in total. The average molecular weight is 324 g/mol. The summed E-state index contributed by atoms with van der Waals surface area (Å²) in [4.78, 5) is 17.0. The van der Waals surface area contributed by atoms with Gasteiger partial charge in [-0.1, -0.05) is 6.07 Å². The van der Waals surface area contributed by atoms with E-state index in [4.69, 9.17) is 5.73 Å². The van der Waals surface area contributed by atoms with Gasteiger partial charge in [-0.2, -0.15) is 0 Å². The number of anilines is 1. The Kier molecular flexibility index (Phi) is 2.97. The first-order valence-corrected chi connectivity index (χ1v) is 9.12. The van der Waals surface area contributed by atoms with E-state index in [9.17, 15) is 4.79 Å². The minimum absolute atomic E-state index is 0.0197. The summed E-state index contributed by atoms with van der Waals surface area (Å²) in [5, 5.41) is 3.23. The first-order chi connectivity index (χ1) is 11.6. The minimum Gasteiger partial charge on any atom is -0.382 e. The molecule has 4 bridgehead atoms. The third-order valence-electron chi connectivity index (χ3n) is 6.53. The number of imidazole rings is 1. The third kappa shape index (κ3) is 2.21. The second-order valence-electron chi connectivity index (χ2n) is 8.41. The summed E-state index contributed by atoms with van der Waals surface area (Å²) in [7, 11) is 0. The van der Waals surface area contributed by atoms with Gasteiger partial charge in [0.05, 0.1) is 6.20 Å². The molecule has 0 saturated heterocycles. The molecule has 4 saturated carbocycles. The van der Waals surface area contributed by atoms with Gasteiger partial charge in [-0.25, -0.2) is 4.98 Å². The molecule has 4 aliphatic carbocycles. The maximum atomic E-state index is 12.8. The van der Waals surface area contributed by atoms with Crippen LogP contribution in [0.5, 0.6) is 0 Å². The van der Waals surface area contributed by atoms with Crippen LogP contribution in [0.3, 0.4) is 0 Å². The van der Waals surface area contributed by atoms with Crippen LogP contribution in [0.1, 0.15) is 49.0 Å². The Morgan fingerprint density at radius 1 is 1.21 bits per heavy atom. The Morgan fingerprint density at radius 3 is 2.54 bits per heavy atom. The normalized spacial score (nSPS) is 33.9. The van der Waals surface area contributed by atoms with E-state index in [2.05, 4.69) is 10.3 Å². The number of nitrogens with one attached hydrogen (secondary N) is 1. The number of fused-ring (bicyclic) bond motifs is 1. The van der Waals surface area contributed by atoms with Crippen LogP contribution < -0.4 is 11.1 Å². The summed E-state index contributed by atoms with van der Waals surface area (Å²) in [6.07, 6.45) is 9.93. The van der Waals surface area contributed by atoms with Crippen molar-refractivity contribution in [3.05, 3.63) is 30.1 Å². The van der Waals surface area contributed by atoms with Crippen LogP contribution in [0.2, 0.25) is 0 Å². The van der Waals surface area contributed by atoms with Crippen molar-refractivity contribution < 1.29 is 4.79 Å². The predicted molar refractivity (Wildman–Crippen MR) is 92.5 cm³/mol. The van der Waals surface area contributed by atoms with E-state index < -0.39 is 0 Å². The summed E-state index contributed by atoms with van der Waals surface area (Å²) in [6.45, 7) is 0.815. The molecule has 4 fully saturated rings. The highest BCUT2D eigenvalue weighted by Gasteiger charge is 2.50. The summed E-state index contributed by atoms with van der Waals surface area (Å²) in [5.74, 6) is 3.14. The molecule has 5 heteroatoms. The van der Waals surface area contributed by atoms with Crippen LogP contribution in [0, 0.1) is 23.2 Å². The van der Waals surface area contributed by atoms with Gasteiger partial charge in [-0.15, -0.1) is 0 Å². The molecule has 126 valence electrons. The number of nitrogen functional groups attached to an aromatic ring is 1. The molecule has 1 amide bonds. The second-order valence-corrected chi connectivity index (χ2v) is 8.41. The number of nitrogens with zero attached hydrogens (tertiary/aromatic N) is 2. The highest BCUT2D eigenvalue weighted by atomic mass is 16.1. The monoisotopic (exact) mass is 324 g/mol. The highest BCUT2D eigenvalue weighted by Crippen LogP contribution is 2.59. The topological polar surface area (TPSA) is 72.4 Å². The number of hydrogen-bond donors (Lipinski definition) is 2. The molecular weight excluding hydrogens is 300 g/mol. The fraction of sp³-hybridized carbons (Fsp3) is 0.579. The number of nitrogens with two attached hydrogens (primary N) is 1. The maximum Gasteiger partial charge on any atom is 0.268 e. The largest absolute Gasteiger partial charge is 0.382 e. The number of pyridine rings is 1. The Morgan fingerprint density at radius 2 is 1.88 bits per heavy atom. The number of rotatable bonds is 3. The molecule has 0 atom stereocenters. The van der Waals surface area contributed by atoms with Crippen molar-refractivity contribution >= 4 is 17.4 Å². The van der Waals surface area contributed by atoms with Crippen LogP contribution >= 0.6 is 0 Å². The van der Waals surface area contributed by atoms with Gasteiger partial charge in [0.2, 0.25) is 0 Å². The maximum absolute atomic E-state index is 12.8. The van der Waals surface area contributed by atoms with Gasteiger partial charge in [0, 0.05) is 6.54 Å². The molecule has 4 aliphatic rings. The van der Waals surface area contributed by atoms with Crippen molar-refractivity contribution in [3.8, 4) is 0 Å². The fourth-order valence-corrected chi connectivity index (χ4v) is 6.08. The summed E-state index contributed by atoms with van der Waals surface area (Å²) < 4.78 is 1.78. The lowest BCUT2D eigenvalue weighted by molar-refractivity contribution is -0.0503. The molecule has 24 heavy (non-hydrogen) atoms. The molecule has 0 spiro atoms. The zero-order chi connectivity index (χ0) is 16.3. The lowest BCUT2D eigenvalue weighted by Gasteiger charge is -2.56. The van der Waals surface area contributed by atoms with E-state index in [1.165, 1.54) is 38.5 Å². The highest BCUT2D eigenvalue weighted by molar-refractivity contribution is 5.93. The van der Waals surface area contributed by atoms with Gasteiger partial charge in [0.15, 0.2) is 0 Å². The first kappa shape index (κ1) is 14.3. The van der Waals surface area contributed by atoms with Crippen molar-refractivity contribution in [3.63, 3.8) is 0 Å². The smallest absolute Gasteiger partial charge is 0.268 e. The van der Waals surface area contributed by atoms with E-state index in [-0.39, 0.29) is 5.91 Å². The Hall–Kier alpha value is -2.04. The lowest BCUT2D eigenvalue weighted by atomic mass is 9.49. The lowest BCUT2D eigenvalue weighted by Crippen LogP contribution is -2.51. The van der Waals surface area contributed by atoms with Gasteiger partial charge >= 0.3 is 0 Å². The summed E-state index contributed by atoms with van der Waals surface area (Å²) in [5.41, 5.74) is 7.46. The van der Waals surface area contributed by atoms with Crippen molar-refractivity contribution in [1.82, 2.24) is 14.7 Å². The number of aromatic nitrogens is 2. The Bertz CT molecular complexity index is 774. The molecule has 0 aromatic carbocycles. The van der Waals surface area contributed by atoms with Crippen LogP contribution in [0.15, 0.2) is 24.4 Å². The van der Waals surface area contributed by atoms with E-state index in [0.29, 0.717) is 16.9 Å². The summed E-state index contributed by atoms with van der Waals surface area (Å²) in [6, 6.07) is 5.57. The quantitative estimate of drug-likeness (QED) is 0.912. The van der Waals surface area contributed by atoms with Crippen LogP contribution in [-0.4, -0.2) is 21.8 Å². The van der Waals surface area contributed by atoms with E-state index >= 15 is 0 Å². The minimum atomic E-state index is -0.0197. The van der Waals surface area contributed by atoms with E-state index in [1.807, 2.05) is 18.2 Å². The van der Waals surface area contributed by atoms with Crippen molar-refractivity contribution in [1.29, 1.82) is 0 Å². The van der Waals surface area contributed by atoms with Crippen LogP contribution in [0.25, 0.3) is 5.65 Å². The number of amides is 1. The van der Waals surface area contributed by atoms with Crippen LogP contribution in [0.4, 0.5) is 5.82 Å². The van der Waals surface area contributed by atoms with E-state index in [0.717, 1.165) is 29.9 Å². The Balaban J connectivity index is 1.35. The van der Waals surface area contributed by atoms with Gasteiger partial charge in [0.25, 0.3) is 5.91 Å². The predicted octanol–water partition coefficient (Wildman–Crippen LogP) is 2.86. The molecule has 0 unspecified atom stereocenters. The zero-order valence-corrected chi connectivity index (χ0v) is 13.9. The van der Waals surface area contributed by atoms with Gasteiger partial charge < -0.3 is 11.1 Å². The first-order valence-electron chi connectivity index (χ1n) is 9.12. The number of carbonyl (C=O) groups is 1. The molecule has 2 heterocycles. The molecule has 2 aromatic rings. The average Bonchev–Trinajstić information content (AvgIpc) is 2.91. The van der Waals surface area contributed by atoms with Crippen molar-refractivity contribution in [2.45, 2.75) is 38.5 Å². The SMILES string of the molecule is Nc1cn2c(C(=O)NCC34CC5CC(CC(C5)C3)C4)cccc2n1. The van der Waals surface area contributed by atoms with Crippen molar-refractivity contribution in [2.24, 2.45) is 23.2 Å². The van der Waals surface area contributed by atoms with Gasteiger partial charge in [-0.3, -0.25) is 9.20 Å². The third-order valence-corrected chi connectivity index (χ3v) is 6.53. The van der Waals surface area contributed by atoms with Gasteiger partial charge in [-0.05, 0) is 73.8 Å². The van der Waals surface area contributed by atoms with Gasteiger partial charge in [0.1, 0.15) is 17.2 Å². The molecule has 0 aliphatic heterocycles. The second kappa shape index (κ2) is 4.98. The molecule has 0 radical (unpaired) electrons. The molecule has 5 nitrogen and oxygen atoms in total. The zero-order valence-electron chi connectivity index (χ0n) is 13.9. The Labute approximate surface area is 141 Å². The van der Waals surface area contributed by atoms with Crippen molar-refractivity contribution in [2.75, 3.05) is 12.3 Å². The molecule has 2 aromatic heterocycles. The van der Waals surface area contributed by atoms with E-state index in [1.54, 1.807) is 10.6 Å². The van der Waals surface area contributed by atoms with Crippen LogP contribution in [-0.2, 0) is 0 Å². The molecule has 6 rings (SSSR count).